The van der Waals surface area contributed by atoms with Crippen LogP contribution in [0.4, 0.5) is 4.79 Å². The molecule has 0 atom stereocenters. The van der Waals surface area contributed by atoms with Crippen LogP contribution < -0.4 is 15.4 Å². The highest BCUT2D eigenvalue weighted by atomic mass is 79.9. The topological polar surface area (TPSA) is 50.4 Å². The number of nitrogens with one attached hydrogen (secondary N) is 2. The van der Waals surface area contributed by atoms with Gasteiger partial charge in [-0.15, -0.1) is 0 Å². The fourth-order valence-electron chi connectivity index (χ4n) is 1.35. The summed E-state index contributed by atoms with van der Waals surface area (Å²) in [6.07, 6.45) is 2.20. The Morgan fingerprint density at radius 1 is 1.47 bits per heavy atom. The lowest BCUT2D eigenvalue weighted by Gasteiger charge is -2.08. The van der Waals surface area contributed by atoms with E-state index in [2.05, 4.69) is 26.6 Å². The Bertz CT molecular complexity index is 394. The summed E-state index contributed by atoms with van der Waals surface area (Å²) in [6.45, 7) is 0.972. The molecule has 0 unspecified atom stereocenters. The van der Waals surface area contributed by atoms with Gasteiger partial charge >= 0.3 is 6.03 Å². The molecule has 4 nitrogen and oxygen atoms in total. The Kier molecular flexibility index (Phi) is 4.25. The van der Waals surface area contributed by atoms with Gasteiger partial charge < -0.3 is 15.4 Å². The molecule has 1 aliphatic carbocycles. The number of amides is 2. The Morgan fingerprint density at radius 3 is 3.00 bits per heavy atom. The van der Waals surface area contributed by atoms with Crippen LogP contribution in [0.3, 0.4) is 0 Å². The van der Waals surface area contributed by atoms with Gasteiger partial charge in [-0.3, -0.25) is 0 Å². The number of ether oxygens (including phenoxy) is 1. The Morgan fingerprint density at radius 2 is 2.29 bits per heavy atom. The van der Waals surface area contributed by atoms with Gasteiger partial charge in [0.15, 0.2) is 0 Å². The largest absolute Gasteiger partial charge is 0.492 e. The highest BCUT2D eigenvalue weighted by molar-refractivity contribution is 9.10. The summed E-state index contributed by atoms with van der Waals surface area (Å²) < 4.78 is 6.47. The molecular weight excluding hydrogens is 284 g/mol. The molecule has 1 aromatic rings. The first-order chi connectivity index (χ1) is 8.24. The van der Waals surface area contributed by atoms with Crippen molar-refractivity contribution in [1.29, 1.82) is 0 Å². The van der Waals surface area contributed by atoms with Gasteiger partial charge in [0, 0.05) is 10.5 Å². The maximum Gasteiger partial charge on any atom is 0.315 e. The molecule has 1 aromatic carbocycles. The van der Waals surface area contributed by atoms with Gasteiger partial charge in [-0.1, -0.05) is 22.0 Å². The van der Waals surface area contributed by atoms with E-state index in [-0.39, 0.29) is 6.03 Å². The molecule has 2 N–H and O–H groups in total. The van der Waals surface area contributed by atoms with Crippen LogP contribution in [0.25, 0.3) is 0 Å². The molecule has 2 amide bonds. The van der Waals surface area contributed by atoms with Crippen LogP contribution >= 0.6 is 15.9 Å². The van der Waals surface area contributed by atoms with E-state index in [1.54, 1.807) is 0 Å². The molecule has 5 heteroatoms. The summed E-state index contributed by atoms with van der Waals surface area (Å²) >= 11 is 3.37. The highest BCUT2D eigenvalue weighted by Crippen LogP contribution is 2.18. The number of carbonyl (C=O) groups is 1. The Hall–Kier alpha value is -1.23. The molecule has 0 aromatic heterocycles. The minimum atomic E-state index is -0.106. The highest BCUT2D eigenvalue weighted by Gasteiger charge is 2.22. The number of hydrogen-bond acceptors (Lipinski definition) is 2. The summed E-state index contributed by atoms with van der Waals surface area (Å²) in [5.74, 6) is 0.795. The first kappa shape index (κ1) is 12.2. The zero-order valence-corrected chi connectivity index (χ0v) is 11.0. The average molecular weight is 299 g/mol. The standard InChI is InChI=1S/C12H15BrN2O2/c13-9-2-1-3-11(8-9)17-7-6-14-12(16)15-10-4-5-10/h1-3,8,10H,4-7H2,(H2,14,15,16). The van der Waals surface area contributed by atoms with E-state index < -0.39 is 0 Å². The average Bonchev–Trinajstić information content (AvgIpc) is 3.08. The van der Waals surface area contributed by atoms with E-state index in [0.717, 1.165) is 23.1 Å². The lowest BCUT2D eigenvalue weighted by Crippen LogP contribution is -2.38. The normalized spacial score (nSPS) is 14.2. The van der Waals surface area contributed by atoms with Crippen molar-refractivity contribution in [3.05, 3.63) is 28.7 Å². The number of rotatable bonds is 5. The van der Waals surface area contributed by atoms with E-state index in [0.29, 0.717) is 19.2 Å². The molecule has 1 fully saturated rings. The van der Waals surface area contributed by atoms with Crippen LogP contribution in [0.5, 0.6) is 5.75 Å². The summed E-state index contributed by atoms with van der Waals surface area (Å²) in [7, 11) is 0. The third kappa shape index (κ3) is 4.65. The van der Waals surface area contributed by atoms with E-state index in [1.165, 1.54) is 0 Å². The predicted molar refractivity (Wildman–Crippen MR) is 69.2 cm³/mol. The van der Waals surface area contributed by atoms with Crippen molar-refractivity contribution in [2.75, 3.05) is 13.2 Å². The molecule has 0 spiro atoms. The zero-order chi connectivity index (χ0) is 12.1. The molecule has 1 saturated carbocycles. The Balaban J connectivity index is 1.60. The third-order valence-electron chi connectivity index (χ3n) is 2.36. The molecule has 0 heterocycles. The van der Waals surface area contributed by atoms with Crippen molar-refractivity contribution in [1.82, 2.24) is 10.6 Å². The lowest BCUT2D eigenvalue weighted by atomic mass is 10.3. The number of hydrogen-bond donors (Lipinski definition) is 2. The molecular formula is C12H15BrN2O2. The van der Waals surface area contributed by atoms with Crippen molar-refractivity contribution < 1.29 is 9.53 Å². The van der Waals surface area contributed by atoms with Crippen molar-refractivity contribution in [2.45, 2.75) is 18.9 Å². The van der Waals surface area contributed by atoms with Gasteiger partial charge in [0.1, 0.15) is 12.4 Å². The molecule has 0 saturated heterocycles. The second-order valence-corrected chi connectivity index (χ2v) is 4.90. The van der Waals surface area contributed by atoms with Gasteiger partial charge in [0.05, 0.1) is 6.54 Å². The molecule has 1 aliphatic rings. The van der Waals surface area contributed by atoms with Gasteiger partial charge in [-0.05, 0) is 31.0 Å². The summed E-state index contributed by atoms with van der Waals surface area (Å²) in [6, 6.07) is 7.91. The van der Waals surface area contributed by atoms with E-state index in [9.17, 15) is 4.79 Å². The molecule has 92 valence electrons. The quantitative estimate of drug-likeness (QED) is 0.820. The molecule has 2 rings (SSSR count). The molecule has 17 heavy (non-hydrogen) atoms. The van der Waals surface area contributed by atoms with Crippen molar-refractivity contribution in [2.24, 2.45) is 0 Å². The van der Waals surface area contributed by atoms with Crippen LogP contribution in [0.1, 0.15) is 12.8 Å². The second-order valence-electron chi connectivity index (χ2n) is 3.98. The fraction of sp³-hybridized carbons (Fsp3) is 0.417. The number of benzene rings is 1. The van der Waals surface area contributed by atoms with Crippen LogP contribution in [0.15, 0.2) is 28.7 Å². The third-order valence-corrected chi connectivity index (χ3v) is 2.86. The van der Waals surface area contributed by atoms with Gasteiger partial charge in [0.25, 0.3) is 0 Å². The predicted octanol–water partition coefficient (Wildman–Crippen LogP) is 2.29. The fourth-order valence-corrected chi connectivity index (χ4v) is 1.73. The number of urea groups is 1. The van der Waals surface area contributed by atoms with E-state index in [1.807, 2.05) is 24.3 Å². The summed E-state index contributed by atoms with van der Waals surface area (Å²) in [4.78, 5) is 11.3. The summed E-state index contributed by atoms with van der Waals surface area (Å²) in [5, 5.41) is 5.60. The maximum atomic E-state index is 11.3. The monoisotopic (exact) mass is 298 g/mol. The SMILES string of the molecule is O=C(NCCOc1cccc(Br)c1)NC1CC1. The second kappa shape index (κ2) is 5.91. The number of halogens is 1. The maximum absolute atomic E-state index is 11.3. The first-order valence-corrected chi connectivity index (χ1v) is 6.46. The van der Waals surface area contributed by atoms with E-state index >= 15 is 0 Å². The van der Waals surface area contributed by atoms with Crippen molar-refractivity contribution in [3.63, 3.8) is 0 Å². The minimum absolute atomic E-state index is 0.106. The van der Waals surface area contributed by atoms with Crippen LogP contribution in [-0.4, -0.2) is 25.2 Å². The Labute approximate surface area is 109 Å². The van der Waals surface area contributed by atoms with Gasteiger partial charge in [-0.25, -0.2) is 4.79 Å². The van der Waals surface area contributed by atoms with Gasteiger partial charge in [-0.2, -0.15) is 0 Å². The van der Waals surface area contributed by atoms with Crippen molar-refractivity contribution in [3.8, 4) is 5.75 Å². The first-order valence-electron chi connectivity index (χ1n) is 5.67. The van der Waals surface area contributed by atoms with Crippen LogP contribution in [-0.2, 0) is 0 Å². The smallest absolute Gasteiger partial charge is 0.315 e. The van der Waals surface area contributed by atoms with E-state index in [4.69, 9.17) is 4.74 Å². The number of carbonyl (C=O) groups excluding carboxylic acids is 1. The summed E-state index contributed by atoms with van der Waals surface area (Å²) in [5.41, 5.74) is 0. The van der Waals surface area contributed by atoms with Gasteiger partial charge in [0.2, 0.25) is 0 Å². The zero-order valence-electron chi connectivity index (χ0n) is 9.41. The van der Waals surface area contributed by atoms with Crippen LogP contribution in [0.2, 0.25) is 0 Å². The van der Waals surface area contributed by atoms with Crippen molar-refractivity contribution >= 4 is 22.0 Å². The van der Waals surface area contributed by atoms with Crippen LogP contribution in [0, 0.1) is 0 Å². The molecule has 0 bridgehead atoms. The lowest BCUT2D eigenvalue weighted by molar-refractivity contribution is 0.236. The minimum Gasteiger partial charge on any atom is -0.492 e. The molecule has 0 radical (unpaired) electrons. The molecule has 0 aliphatic heterocycles.